The second-order valence-corrected chi connectivity index (χ2v) is 7.76. The van der Waals surface area contributed by atoms with Gasteiger partial charge in [-0.2, -0.15) is 0 Å². The molecule has 0 aliphatic carbocycles. The summed E-state index contributed by atoms with van der Waals surface area (Å²) in [7, 11) is 0. The van der Waals surface area contributed by atoms with E-state index in [2.05, 4.69) is 4.98 Å². The number of piperidine rings is 1. The number of carbonyl (C=O) groups is 1. The lowest BCUT2D eigenvalue weighted by Gasteiger charge is -2.45. The van der Waals surface area contributed by atoms with Crippen LogP contribution in [0, 0.1) is 5.82 Å². The number of aromatic nitrogens is 1. The van der Waals surface area contributed by atoms with Gasteiger partial charge in [-0.05, 0) is 58.1 Å². The highest BCUT2D eigenvalue weighted by molar-refractivity contribution is 6.29. The van der Waals surface area contributed by atoms with Crippen molar-refractivity contribution in [3.05, 3.63) is 34.9 Å². The standard InChI is InChI=1S/C18H22ClFN2O2/c1-18(2,3)24-17(23)22-12-5-4-6-13(22)10-11(9-12)14-7-8-21-16(19)15(14)20/h7-9,12-13H,4-6,10H2,1-3H3. The van der Waals surface area contributed by atoms with Crippen LogP contribution >= 0.6 is 11.6 Å². The van der Waals surface area contributed by atoms with Gasteiger partial charge in [0.2, 0.25) is 0 Å². The van der Waals surface area contributed by atoms with Gasteiger partial charge < -0.3 is 4.74 Å². The van der Waals surface area contributed by atoms with Crippen molar-refractivity contribution >= 4 is 23.3 Å². The molecule has 2 aliphatic heterocycles. The number of amides is 1. The lowest BCUT2D eigenvalue weighted by molar-refractivity contribution is 0.0000775. The number of halogens is 2. The molecule has 0 radical (unpaired) electrons. The third kappa shape index (κ3) is 3.41. The number of nitrogens with zero attached hydrogens (tertiary/aromatic N) is 2. The number of ether oxygens (including phenoxy) is 1. The Labute approximate surface area is 146 Å². The third-order valence-corrected chi connectivity index (χ3v) is 4.70. The van der Waals surface area contributed by atoms with E-state index in [0.29, 0.717) is 12.0 Å². The number of rotatable bonds is 1. The van der Waals surface area contributed by atoms with Crippen molar-refractivity contribution in [2.24, 2.45) is 0 Å². The fourth-order valence-electron chi connectivity index (χ4n) is 3.49. The lowest BCUT2D eigenvalue weighted by Crippen LogP contribution is -2.53. The number of carbonyl (C=O) groups excluding carboxylic acids is 1. The summed E-state index contributed by atoms with van der Waals surface area (Å²) in [6, 6.07) is 1.62. The Hall–Kier alpha value is -1.62. The van der Waals surface area contributed by atoms with Gasteiger partial charge in [0.15, 0.2) is 11.0 Å². The van der Waals surface area contributed by atoms with Crippen LogP contribution in [0.3, 0.4) is 0 Å². The lowest BCUT2D eigenvalue weighted by atomic mass is 9.83. The predicted molar refractivity (Wildman–Crippen MR) is 91.3 cm³/mol. The van der Waals surface area contributed by atoms with Crippen LogP contribution in [-0.4, -0.2) is 33.7 Å². The number of pyridine rings is 1. The Morgan fingerprint density at radius 3 is 2.83 bits per heavy atom. The highest BCUT2D eigenvalue weighted by Gasteiger charge is 2.39. The molecular weight excluding hydrogens is 331 g/mol. The third-order valence-electron chi connectivity index (χ3n) is 4.43. The molecule has 0 N–H and O–H groups in total. The van der Waals surface area contributed by atoms with E-state index in [4.69, 9.17) is 16.3 Å². The van der Waals surface area contributed by atoms with Crippen LogP contribution in [0.25, 0.3) is 5.57 Å². The summed E-state index contributed by atoms with van der Waals surface area (Å²) in [5.74, 6) is -0.491. The Bertz CT molecular complexity index is 684. The van der Waals surface area contributed by atoms with Crippen LogP contribution in [0.1, 0.15) is 52.0 Å². The summed E-state index contributed by atoms with van der Waals surface area (Å²) in [5, 5.41) is -0.117. The van der Waals surface area contributed by atoms with E-state index in [1.165, 1.54) is 6.20 Å². The van der Waals surface area contributed by atoms with Crippen LogP contribution in [0.15, 0.2) is 18.3 Å². The van der Waals surface area contributed by atoms with Crippen LogP contribution < -0.4 is 0 Å². The summed E-state index contributed by atoms with van der Waals surface area (Å²) < 4.78 is 19.8. The zero-order chi connectivity index (χ0) is 17.5. The maximum atomic E-state index is 14.3. The molecule has 0 saturated carbocycles. The molecule has 3 heterocycles. The summed E-state index contributed by atoms with van der Waals surface area (Å²) in [6.07, 6.45) is 6.62. The summed E-state index contributed by atoms with van der Waals surface area (Å²) in [4.78, 5) is 18.1. The maximum absolute atomic E-state index is 14.3. The molecule has 1 aromatic rings. The summed E-state index contributed by atoms with van der Waals surface area (Å²) >= 11 is 5.81. The monoisotopic (exact) mass is 352 g/mol. The molecule has 0 spiro atoms. The topological polar surface area (TPSA) is 42.4 Å². The van der Waals surface area contributed by atoms with Crippen molar-refractivity contribution in [2.75, 3.05) is 0 Å². The predicted octanol–water partition coefficient (Wildman–Crippen LogP) is 4.82. The van der Waals surface area contributed by atoms with Gasteiger partial charge in [0.25, 0.3) is 0 Å². The van der Waals surface area contributed by atoms with Gasteiger partial charge in [0.05, 0.1) is 6.04 Å². The average molecular weight is 353 g/mol. The molecule has 4 nitrogen and oxygen atoms in total. The van der Waals surface area contributed by atoms with E-state index in [1.807, 2.05) is 31.7 Å². The van der Waals surface area contributed by atoms with E-state index >= 15 is 0 Å². The molecule has 130 valence electrons. The normalized spacial score (nSPS) is 23.7. The molecule has 2 unspecified atom stereocenters. The van der Waals surface area contributed by atoms with E-state index < -0.39 is 11.4 Å². The first kappa shape index (κ1) is 17.2. The number of fused-ring (bicyclic) bond motifs is 2. The molecule has 2 bridgehead atoms. The van der Waals surface area contributed by atoms with Gasteiger partial charge in [-0.3, -0.25) is 4.90 Å². The zero-order valence-corrected chi connectivity index (χ0v) is 14.9. The average Bonchev–Trinajstić information content (AvgIpc) is 2.47. The van der Waals surface area contributed by atoms with Gasteiger partial charge in [-0.25, -0.2) is 14.2 Å². The molecule has 2 aliphatic rings. The molecule has 1 saturated heterocycles. The summed E-state index contributed by atoms with van der Waals surface area (Å²) in [6.45, 7) is 5.58. The van der Waals surface area contributed by atoms with Gasteiger partial charge >= 0.3 is 6.09 Å². The minimum absolute atomic E-state index is 0.0324. The quantitative estimate of drug-likeness (QED) is 0.680. The molecule has 0 aromatic carbocycles. The molecule has 2 atom stereocenters. The fraction of sp³-hybridized carbons (Fsp3) is 0.556. The van der Waals surface area contributed by atoms with Crippen LogP contribution in [0.4, 0.5) is 9.18 Å². The Balaban J connectivity index is 1.90. The largest absolute Gasteiger partial charge is 0.444 e. The summed E-state index contributed by atoms with van der Waals surface area (Å²) in [5.41, 5.74) is 0.849. The van der Waals surface area contributed by atoms with Crippen molar-refractivity contribution in [3.63, 3.8) is 0 Å². The van der Waals surface area contributed by atoms with Crippen LogP contribution in [-0.2, 0) is 4.74 Å². The minimum Gasteiger partial charge on any atom is -0.444 e. The van der Waals surface area contributed by atoms with Crippen molar-refractivity contribution in [1.29, 1.82) is 0 Å². The first-order valence-electron chi connectivity index (χ1n) is 8.28. The molecule has 1 amide bonds. The number of hydrogen-bond donors (Lipinski definition) is 0. The molecule has 1 aromatic heterocycles. The second-order valence-electron chi connectivity index (χ2n) is 7.40. The van der Waals surface area contributed by atoms with E-state index in [0.717, 1.165) is 24.8 Å². The van der Waals surface area contributed by atoms with Crippen molar-refractivity contribution in [1.82, 2.24) is 9.88 Å². The highest BCUT2D eigenvalue weighted by atomic mass is 35.5. The van der Waals surface area contributed by atoms with Gasteiger partial charge in [-0.1, -0.05) is 17.7 Å². The SMILES string of the molecule is CC(C)(C)OC(=O)N1C2C=C(c3ccnc(Cl)c3F)CC1CCC2. The smallest absolute Gasteiger partial charge is 0.411 e. The maximum Gasteiger partial charge on any atom is 0.411 e. The molecular formula is C18H22ClFN2O2. The van der Waals surface area contributed by atoms with E-state index in [-0.39, 0.29) is 23.3 Å². The van der Waals surface area contributed by atoms with Gasteiger partial charge in [0, 0.05) is 17.8 Å². The van der Waals surface area contributed by atoms with Crippen molar-refractivity contribution < 1.29 is 13.9 Å². The Morgan fingerprint density at radius 1 is 1.42 bits per heavy atom. The second kappa shape index (κ2) is 6.36. The van der Waals surface area contributed by atoms with E-state index in [9.17, 15) is 9.18 Å². The first-order chi connectivity index (χ1) is 11.3. The Kier molecular flexibility index (Phi) is 4.56. The molecule has 24 heavy (non-hydrogen) atoms. The minimum atomic E-state index is -0.528. The van der Waals surface area contributed by atoms with Gasteiger partial charge in [-0.15, -0.1) is 0 Å². The molecule has 1 fully saturated rings. The van der Waals surface area contributed by atoms with E-state index in [1.54, 1.807) is 6.07 Å². The fourth-order valence-corrected chi connectivity index (χ4v) is 3.65. The van der Waals surface area contributed by atoms with Crippen LogP contribution in [0.5, 0.6) is 0 Å². The van der Waals surface area contributed by atoms with Crippen LogP contribution in [0.2, 0.25) is 5.15 Å². The molecule has 3 rings (SSSR count). The zero-order valence-electron chi connectivity index (χ0n) is 14.2. The van der Waals surface area contributed by atoms with Crippen molar-refractivity contribution in [2.45, 2.75) is 64.1 Å². The van der Waals surface area contributed by atoms with Gasteiger partial charge in [0.1, 0.15) is 5.60 Å². The van der Waals surface area contributed by atoms with Crippen molar-refractivity contribution in [3.8, 4) is 0 Å². The Morgan fingerprint density at radius 2 is 2.17 bits per heavy atom. The molecule has 6 heteroatoms. The highest BCUT2D eigenvalue weighted by Crippen LogP contribution is 2.39. The number of hydrogen-bond acceptors (Lipinski definition) is 3. The first-order valence-corrected chi connectivity index (χ1v) is 8.66.